The molecule has 0 aromatic heterocycles. The number of carbonyl (C=O) groups excluding carboxylic acids is 1. The van der Waals surface area contributed by atoms with Gasteiger partial charge in [0.1, 0.15) is 0 Å². The van der Waals surface area contributed by atoms with Crippen molar-refractivity contribution in [1.82, 2.24) is 5.32 Å². The first-order valence-electron chi connectivity index (χ1n) is 8.11. The zero-order chi connectivity index (χ0) is 16.4. The molecule has 4 nitrogen and oxygen atoms in total. The van der Waals surface area contributed by atoms with Crippen molar-refractivity contribution in [3.63, 3.8) is 0 Å². The van der Waals surface area contributed by atoms with E-state index < -0.39 is 0 Å². The molecule has 1 N–H and O–H groups in total. The average Bonchev–Trinajstić information content (AvgIpc) is 2.52. The summed E-state index contributed by atoms with van der Waals surface area (Å²) in [5.74, 6) is 1.52. The Labute approximate surface area is 134 Å². The number of benzene rings is 1. The molecule has 1 aromatic rings. The first-order chi connectivity index (χ1) is 10.6. The van der Waals surface area contributed by atoms with Crippen molar-refractivity contribution in [2.45, 2.75) is 58.4 Å². The first kappa shape index (κ1) is 18.3. The Morgan fingerprint density at radius 3 is 2.55 bits per heavy atom. The molecule has 1 aromatic carbocycles. The highest BCUT2D eigenvalue weighted by atomic mass is 16.5. The highest BCUT2D eigenvalue weighted by Crippen LogP contribution is 2.27. The molecule has 0 aliphatic rings. The number of amides is 1. The van der Waals surface area contributed by atoms with E-state index in [0.717, 1.165) is 12.0 Å². The fourth-order valence-corrected chi connectivity index (χ4v) is 2.41. The SMILES string of the molecule is CCCCCC(C)NC(=O)CCc1ccc(OC)c(OC)c1. The Balaban J connectivity index is 2.40. The summed E-state index contributed by atoms with van der Waals surface area (Å²) in [5.41, 5.74) is 1.08. The smallest absolute Gasteiger partial charge is 0.220 e. The van der Waals surface area contributed by atoms with Crippen LogP contribution in [-0.2, 0) is 11.2 Å². The first-order valence-corrected chi connectivity index (χ1v) is 8.11. The minimum absolute atomic E-state index is 0.110. The monoisotopic (exact) mass is 307 g/mol. The molecule has 0 aliphatic heterocycles. The number of hydrogen-bond donors (Lipinski definition) is 1. The topological polar surface area (TPSA) is 47.6 Å². The van der Waals surface area contributed by atoms with Crippen molar-refractivity contribution in [1.29, 1.82) is 0 Å². The second kappa shape index (κ2) is 10.1. The summed E-state index contributed by atoms with van der Waals surface area (Å²) in [5, 5.41) is 3.07. The van der Waals surface area contributed by atoms with Crippen molar-refractivity contribution in [2.75, 3.05) is 14.2 Å². The van der Waals surface area contributed by atoms with Crippen LogP contribution in [0.2, 0.25) is 0 Å². The van der Waals surface area contributed by atoms with Gasteiger partial charge in [0.25, 0.3) is 0 Å². The van der Waals surface area contributed by atoms with Crippen LogP contribution in [-0.4, -0.2) is 26.2 Å². The maximum Gasteiger partial charge on any atom is 0.220 e. The van der Waals surface area contributed by atoms with Gasteiger partial charge in [-0.15, -0.1) is 0 Å². The van der Waals surface area contributed by atoms with Crippen LogP contribution in [0.15, 0.2) is 18.2 Å². The quantitative estimate of drug-likeness (QED) is 0.670. The molecule has 1 atom stereocenters. The molecule has 22 heavy (non-hydrogen) atoms. The number of rotatable bonds is 10. The molecule has 1 rings (SSSR count). The molecular weight excluding hydrogens is 278 g/mol. The molecule has 124 valence electrons. The summed E-state index contributed by atoms with van der Waals surface area (Å²) in [4.78, 5) is 12.0. The normalized spacial score (nSPS) is 11.8. The summed E-state index contributed by atoms with van der Waals surface area (Å²) >= 11 is 0. The maximum atomic E-state index is 12.0. The van der Waals surface area contributed by atoms with Gasteiger partial charge < -0.3 is 14.8 Å². The molecule has 0 radical (unpaired) electrons. The van der Waals surface area contributed by atoms with E-state index in [9.17, 15) is 4.79 Å². The van der Waals surface area contributed by atoms with Crippen LogP contribution >= 0.6 is 0 Å². The zero-order valence-corrected chi connectivity index (χ0v) is 14.3. The number of methoxy groups -OCH3 is 2. The van der Waals surface area contributed by atoms with Crippen molar-refractivity contribution < 1.29 is 14.3 Å². The van der Waals surface area contributed by atoms with Gasteiger partial charge in [-0.05, 0) is 37.5 Å². The van der Waals surface area contributed by atoms with Gasteiger partial charge in [-0.2, -0.15) is 0 Å². The maximum absolute atomic E-state index is 12.0. The van der Waals surface area contributed by atoms with Gasteiger partial charge in [-0.25, -0.2) is 0 Å². The molecule has 4 heteroatoms. The third kappa shape index (κ3) is 6.37. The van der Waals surface area contributed by atoms with Gasteiger partial charge in [0.2, 0.25) is 5.91 Å². The second-order valence-corrected chi connectivity index (χ2v) is 5.65. The third-order valence-corrected chi connectivity index (χ3v) is 3.74. The van der Waals surface area contributed by atoms with Gasteiger partial charge in [0.15, 0.2) is 11.5 Å². The largest absolute Gasteiger partial charge is 0.493 e. The van der Waals surface area contributed by atoms with Crippen LogP contribution in [0.25, 0.3) is 0 Å². The average molecular weight is 307 g/mol. The van der Waals surface area contributed by atoms with Crippen molar-refractivity contribution >= 4 is 5.91 Å². The van der Waals surface area contributed by atoms with Gasteiger partial charge in [0.05, 0.1) is 14.2 Å². The third-order valence-electron chi connectivity index (χ3n) is 3.74. The lowest BCUT2D eigenvalue weighted by atomic mass is 10.1. The Bertz CT molecular complexity index is 460. The van der Waals surface area contributed by atoms with E-state index in [1.807, 2.05) is 18.2 Å². The lowest BCUT2D eigenvalue weighted by Gasteiger charge is -2.14. The predicted molar refractivity (Wildman–Crippen MR) is 89.6 cm³/mol. The van der Waals surface area contributed by atoms with Crippen LogP contribution in [0.5, 0.6) is 11.5 Å². The number of ether oxygens (including phenoxy) is 2. The lowest BCUT2D eigenvalue weighted by Crippen LogP contribution is -2.32. The molecule has 0 saturated heterocycles. The van der Waals surface area contributed by atoms with E-state index in [1.54, 1.807) is 14.2 Å². The van der Waals surface area contributed by atoms with E-state index in [2.05, 4.69) is 19.2 Å². The van der Waals surface area contributed by atoms with Crippen molar-refractivity contribution in [3.05, 3.63) is 23.8 Å². The van der Waals surface area contributed by atoms with E-state index in [4.69, 9.17) is 9.47 Å². The molecular formula is C18H29NO3. The molecule has 1 amide bonds. The molecule has 0 heterocycles. The highest BCUT2D eigenvalue weighted by molar-refractivity contribution is 5.76. The molecule has 0 aliphatic carbocycles. The van der Waals surface area contributed by atoms with Crippen LogP contribution in [0, 0.1) is 0 Å². The number of unbranched alkanes of at least 4 members (excludes halogenated alkanes) is 2. The minimum atomic E-state index is 0.110. The number of nitrogens with one attached hydrogen (secondary N) is 1. The summed E-state index contributed by atoms with van der Waals surface area (Å²) < 4.78 is 10.5. The van der Waals surface area contributed by atoms with Crippen LogP contribution in [0.1, 0.15) is 51.5 Å². The van der Waals surface area contributed by atoms with E-state index in [0.29, 0.717) is 24.3 Å². The van der Waals surface area contributed by atoms with Crippen molar-refractivity contribution in [2.24, 2.45) is 0 Å². The standard InChI is InChI=1S/C18H29NO3/c1-5-6-7-8-14(2)19-18(20)12-10-15-9-11-16(21-3)17(13-15)22-4/h9,11,13-14H,5-8,10,12H2,1-4H3,(H,19,20). The van der Waals surface area contributed by atoms with Gasteiger partial charge in [-0.1, -0.05) is 32.3 Å². The molecule has 0 saturated carbocycles. The highest BCUT2D eigenvalue weighted by Gasteiger charge is 2.09. The Hall–Kier alpha value is -1.71. The molecule has 0 spiro atoms. The Morgan fingerprint density at radius 2 is 1.91 bits per heavy atom. The van der Waals surface area contributed by atoms with Crippen molar-refractivity contribution in [3.8, 4) is 11.5 Å². The van der Waals surface area contributed by atoms with Gasteiger partial charge >= 0.3 is 0 Å². The molecule has 0 bridgehead atoms. The molecule has 0 fully saturated rings. The van der Waals surface area contributed by atoms with E-state index in [1.165, 1.54) is 19.3 Å². The lowest BCUT2D eigenvalue weighted by molar-refractivity contribution is -0.121. The minimum Gasteiger partial charge on any atom is -0.493 e. The fourth-order valence-electron chi connectivity index (χ4n) is 2.41. The number of carbonyl (C=O) groups is 1. The van der Waals surface area contributed by atoms with Gasteiger partial charge in [0, 0.05) is 12.5 Å². The van der Waals surface area contributed by atoms with Gasteiger partial charge in [-0.3, -0.25) is 4.79 Å². The van der Waals surface area contributed by atoms with Crippen LogP contribution in [0.3, 0.4) is 0 Å². The zero-order valence-electron chi connectivity index (χ0n) is 14.3. The predicted octanol–water partition coefficient (Wildman–Crippen LogP) is 3.72. The second-order valence-electron chi connectivity index (χ2n) is 5.65. The summed E-state index contributed by atoms with van der Waals surface area (Å²) in [6, 6.07) is 6.03. The fraction of sp³-hybridized carbons (Fsp3) is 0.611. The Morgan fingerprint density at radius 1 is 1.18 bits per heavy atom. The summed E-state index contributed by atoms with van der Waals surface area (Å²) in [7, 11) is 3.23. The Kier molecular flexibility index (Phi) is 8.41. The van der Waals surface area contributed by atoms with Crippen LogP contribution in [0.4, 0.5) is 0 Å². The van der Waals surface area contributed by atoms with E-state index in [-0.39, 0.29) is 11.9 Å². The number of hydrogen-bond acceptors (Lipinski definition) is 3. The molecule has 1 unspecified atom stereocenters. The van der Waals surface area contributed by atoms with E-state index >= 15 is 0 Å². The van der Waals surface area contributed by atoms with Crippen LogP contribution < -0.4 is 14.8 Å². The summed E-state index contributed by atoms with van der Waals surface area (Å²) in [6.45, 7) is 4.26. The number of aryl methyl sites for hydroxylation is 1. The summed E-state index contributed by atoms with van der Waals surface area (Å²) in [6.07, 6.45) is 5.86.